The van der Waals surface area contributed by atoms with Crippen LogP contribution in [0.15, 0.2) is 18.3 Å². The number of amides is 1. The molecule has 5 nitrogen and oxygen atoms in total. The molecule has 0 radical (unpaired) electrons. The Balaban J connectivity index is 2.51. The lowest BCUT2D eigenvalue weighted by atomic mass is 9.97. The zero-order valence-electron chi connectivity index (χ0n) is 12.5. The predicted molar refractivity (Wildman–Crippen MR) is 75.2 cm³/mol. The number of alkyl halides is 3. The Morgan fingerprint density at radius 3 is 2.73 bits per heavy atom. The highest BCUT2D eigenvalue weighted by Crippen LogP contribution is 2.34. The summed E-state index contributed by atoms with van der Waals surface area (Å²) in [4.78, 5) is 15.4. The number of ether oxygens (including phenoxy) is 1. The molecule has 1 aromatic heterocycles. The first-order valence-corrected chi connectivity index (χ1v) is 6.90. The monoisotopic (exact) mass is 319 g/mol. The largest absolute Gasteiger partial charge is 0.475 e. The molecule has 0 bridgehead atoms. The zero-order valence-corrected chi connectivity index (χ0v) is 12.5. The van der Waals surface area contributed by atoms with E-state index in [0.29, 0.717) is 6.42 Å². The normalized spacial score (nSPS) is 14.3. The molecule has 22 heavy (non-hydrogen) atoms. The van der Waals surface area contributed by atoms with Crippen molar-refractivity contribution in [3.8, 4) is 5.88 Å². The molecule has 1 aromatic rings. The van der Waals surface area contributed by atoms with Crippen LogP contribution < -0.4 is 15.8 Å². The first kappa shape index (κ1) is 18.2. The molecule has 0 fully saturated rings. The van der Waals surface area contributed by atoms with Gasteiger partial charge in [0.2, 0.25) is 11.8 Å². The van der Waals surface area contributed by atoms with E-state index >= 15 is 0 Å². The molecule has 1 unspecified atom stereocenters. The van der Waals surface area contributed by atoms with Crippen LogP contribution in [0.5, 0.6) is 5.88 Å². The first-order chi connectivity index (χ1) is 10.2. The molecule has 1 amide bonds. The molecule has 0 spiro atoms. The third-order valence-corrected chi connectivity index (χ3v) is 2.99. The van der Waals surface area contributed by atoms with Crippen LogP contribution in [-0.2, 0) is 11.0 Å². The van der Waals surface area contributed by atoms with Crippen LogP contribution in [0, 0.1) is 0 Å². The zero-order chi connectivity index (χ0) is 16.8. The third kappa shape index (κ3) is 5.18. The lowest BCUT2D eigenvalue weighted by Gasteiger charge is -2.22. The summed E-state index contributed by atoms with van der Waals surface area (Å²) >= 11 is 0. The standard InChI is InChI=1S/C14H20F3N3O2/c1-3-6-13(2,18)12(21)20-8-9-22-11-10(14(15,16)17)5-4-7-19-11/h4-5,7H,3,6,8-9,18H2,1-2H3,(H,20,21). The van der Waals surface area contributed by atoms with Crippen LogP contribution in [0.25, 0.3) is 0 Å². The second kappa shape index (κ2) is 7.44. The van der Waals surface area contributed by atoms with Crippen molar-refractivity contribution in [2.75, 3.05) is 13.2 Å². The van der Waals surface area contributed by atoms with Gasteiger partial charge in [0.1, 0.15) is 12.2 Å². The molecule has 8 heteroatoms. The van der Waals surface area contributed by atoms with E-state index in [9.17, 15) is 18.0 Å². The molecule has 0 aliphatic carbocycles. The molecule has 0 saturated carbocycles. The minimum absolute atomic E-state index is 0.0449. The summed E-state index contributed by atoms with van der Waals surface area (Å²) in [6.45, 7) is 3.42. The van der Waals surface area contributed by atoms with Gasteiger partial charge in [0.25, 0.3) is 0 Å². The highest BCUT2D eigenvalue weighted by Gasteiger charge is 2.35. The van der Waals surface area contributed by atoms with Crippen molar-refractivity contribution in [2.24, 2.45) is 5.73 Å². The van der Waals surface area contributed by atoms with Crippen LogP contribution in [0.1, 0.15) is 32.3 Å². The summed E-state index contributed by atoms with van der Waals surface area (Å²) in [5.41, 5.74) is 3.88. The van der Waals surface area contributed by atoms with Crippen molar-refractivity contribution in [1.82, 2.24) is 10.3 Å². The highest BCUT2D eigenvalue weighted by molar-refractivity contribution is 5.85. The van der Waals surface area contributed by atoms with Crippen LogP contribution in [0.4, 0.5) is 13.2 Å². The van der Waals surface area contributed by atoms with Gasteiger partial charge in [-0.1, -0.05) is 13.3 Å². The predicted octanol–water partition coefficient (Wildman–Crippen LogP) is 2.11. The Labute approximate surface area is 127 Å². The number of carbonyl (C=O) groups is 1. The minimum atomic E-state index is -4.54. The summed E-state index contributed by atoms with van der Waals surface area (Å²) in [7, 11) is 0. The smallest absolute Gasteiger partial charge is 0.421 e. The molecular formula is C14H20F3N3O2. The van der Waals surface area contributed by atoms with Gasteiger partial charge in [0, 0.05) is 6.20 Å². The van der Waals surface area contributed by atoms with Gasteiger partial charge in [-0.2, -0.15) is 13.2 Å². The van der Waals surface area contributed by atoms with Crippen LogP contribution in [0.2, 0.25) is 0 Å². The number of hydrogen-bond donors (Lipinski definition) is 2. The number of carbonyl (C=O) groups excluding carboxylic acids is 1. The number of nitrogens with one attached hydrogen (secondary N) is 1. The second-order valence-electron chi connectivity index (χ2n) is 5.13. The fourth-order valence-corrected chi connectivity index (χ4v) is 1.87. The number of pyridine rings is 1. The van der Waals surface area contributed by atoms with Gasteiger partial charge in [0.15, 0.2) is 0 Å². The van der Waals surface area contributed by atoms with Gasteiger partial charge in [-0.05, 0) is 25.5 Å². The molecule has 0 saturated heterocycles. The topological polar surface area (TPSA) is 77.2 Å². The minimum Gasteiger partial charge on any atom is -0.475 e. The molecule has 124 valence electrons. The van der Waals surface area contributed by atoms with Gasteiger partial charge < -0.3 is 15.8 Å². The second-order valence-corrected chi connectivity index (χ2v) is 5.13. The van der Waals surface area contributed by atoms with Gasteiger partial charge >= 0.3 is 6.18 Å². The lowest BCUT2D eigenvalue weighted by molar-refractivity contribution is -0.139. The van der Waals surface area contributed by atoms with E-state index in [1.807, 2.05) is 6.92 Å². The van der Waals surface area contributed by atoms with E-state index in [0.717, 1.165) is 12.5 Å². The number of aromatic nitrogens is 1. The van der Waals surface area contributed by atoms with Crippen molar-refractivity contribution >= 4 is 5.91 Å². The van der Waals surface area contributed by atoms with E-state index < -0.39 is 23.2 Å². The first-order valence-electron chi connectivity index (χ1n) is 6.90. The van der Waals surface area contributed by atoms with Crippen molar-refractivity contribution in [3.05, 3.63) is 23.9 Å². The number of hydrogen-bond acceptors (Lipinski definition) is 4. The van der Waals surface area contributed by atoms with Gasteiger partial charge in [-0.3, -0.25) is 4.79 Å². The molecule has 0 aliphatic heterocycles. The van der Waals surface area contributed by atoms with Crippen LogP contribution in [0.3, 0.4) is 0 Å². The van der Waals surface area contributed by atoms with Gasteiger partial charge in [0.05, 0.1) is 12.1 Å². The number of nitrogens with zero attached hydrogens (tertiary/aromatic N) is 1. The van der Waals surface area contributed by atoms with Crippen molar-refractivity contribution in [1.29, 1.82) is 0 Å². The maximum Gasteiger partial charge on any atom is 0.421 e. The Morgan fingerprint density at radius 2 is 2.14 bits per heavy atom. The molecule has 0 aliphatic rings. The maximum atomic E-state index is 12.7. The molecule has 1 heterocycles. The average Bonchev–Trinajstić information content (AvgIpc) is 2.42. The van der Waals surface area contributed by atoms with Gasteiger partial charge in [-0.25, -0.2) is 4.98 Å². The lowest BCUT2D eigenvalue weighted by Crippen LogP contribution is -2.52. The third-order valence-electron chi connectivity index (χ3n) is 2.99. The van der Waals surface area contributed by atoms with Crippen molar-refractivity contribution < 1.29 is 22.7 Å². The van der Waals surface area contributed by atoms with Crippen LogP contribution in [-0.4, -0.2) is 29.6 Å². The maximum absolute atomic E-state index is 12.7. The molecule has 3 N–H and O–H groups in total. The van der Waals surface area contributed by atoms with E-state index in [1.54, 1.807) is 6.92 Å². The van der Waals surface area contributed by atoms with Gasteiger partial charge in [-0.15, -0.1) is 0 Å². The average molecular weight is 319 g/mol. The number of nitrogens with two attached hydrogens (primary N) is 1. The van der Waals surface area contributed by atoms with E-state index in [2.05, 4.69) is 10.3 Å². The van der Waals surface area contributed by atoms with E-state index in [4.69, 9.17) is 10.5 Å². The molecular weight excluding hydrogens is 299 g/mol. The van der Waals surface area contributed by atoms with Crippen molar-refractivity contribution in [2.45, 2.75) is 38.4 Å². The fourth-order valence-electron chi connectivity index (χ4n) is 1.87. The summed E-state index contributed by atoms with van der Waals surface area (Å²) in [6, 6.07) is 2.07. The Morgan fingerprint density at radius 1 is 1.45 bits per heavy atom. The molecule has 1 rings (SSSR count). The van der Waals surface area contributed by atoms with E-state index in [-0.39, 0.29) is 19.1 Å². The van der Waals surface area contributed by atoms with Crippen molar-refractivity contribution in [3.63, 3.8) is 0 Å². The van der Waals surface area contributed by atoms with Crippen LogP contribution >= 0.6 is 0 Å². The molecule has 0 aromatic carbocycles. The quantitative estimate of drug-likeness (QED) is 0.755. The fraction of sp³-hybridized carbons (Fsp3) is 0.571. The summed E-state index contributed by atoms with van der Waals surface area (Å²) in [5.74, 6) is -0.872. The molecule has 1 atom stereocenters. The summed E-state index contributed by atoms with van der Waals surface area (Å²) in [6.07, 6.45) is -2.07. The SMILES string of the molecule is CCCC(C)(N)C(=O)NCCOc1ncccc1C(F)(F)F. The summed E-state index contributed by atoms with van der Waals surface area (Å²) in [5, 5.41) is 2.54. The number of halogens is 3. The Hall–Kier alpha value is -1.83. The Kier molecular flexibility index (Phi) is 6.16. The highest BCUT2D eigenvalue weighted by atomic mass is 19.4. The van der Waals surface area contributed by atoms with E-state index in [1.165, 1.54) is 12.3 Å². The Bertz CT molecular complexity index is 504. The summed E-state index contributed by atoms with van der Waals surface area (Å²) < 4.78 is 43.2. The number of rotatable bonds is 7.